The van der Waals surface area contributed by atoms with Gasteiger partial charge in [-0.15, -0.1) is 0 Å². The molecule has 2 amide bonds. The van der Waals surface area contributed by atoms with Crippen molar-refractivity contribution in [3.8, 4) is 0 Å². The van der Waals surface area contributed by atoms with E-state index in [1.54, 1.807) is 12.1 Å². The second-order valence-corrected chi connectivity index (χ2v) is 8.24. The lowest BCUT2D eigenvalue weighted by atomic mass is 9.89. The van der Waals surface area contributed by atoms with Crippen LogP contribution in [0.3, 0.4) is 0 Å². The third kappa shape index (κ3) is 5.94. The van der Waals surface area contributed by atoms with Gasteiger partial charge in [0.25, 0.3) is 5.91 Å². The van der Waals surface area contributed by atoms with Crippen LogP contribution in [-0.4, -0.2) is 24.2 Å². The molecular weight excluding hydrogens is 481 g/mol. The quantitative estimate of drug-likeness (QED) is 0.494. The molecule has 0 aromatic heterocycles. The third-order valence-corrected chi connectivity index (χ3v) is 5.58. The highest BCUT2D eigenvalue weighted by atomic mass is 19.4. The highest BCUT2D eigenvalue weighted by Crippen LogP contribution is 2.53. The smallest absolute Gasteiger partial charge is 0.370 e. The van der Waals surface area contributed by atoms with Gasteiger partial charge in [-0.2, -0.15) is 26.3 Å². The fourth-order valence-corrected chi connectivity index (χ4v) is 3.90. The molecule has 1 aliphatic rings. The highest BCUT2D eigenvalue weighted by Gasteiger charge is 2.73. The standard InChI is InChI=1S/C22H20F7NO.C2H5NO/c1-3-13-11-17(20(23,21(24,25)26)22(27,28)29)9-12(2)18(13)30-19(31)16-8-7-14-5-4-6-15(14)10-16;1-2(3)4/h7-11H,3-6H2,1-2H3,(H,30,31);1H3,(H2,3,4). The zero-order chi connectivity index (χ0) is 26.8. The van der Waals surface area contributed by atoms with Gasteiger partial charge in [0.2, 0.25) is 5.91 Å². The lowest BCUT2D eigenvalue weighted by Gasteiger charge is -2.31. The molecule has 0 saturated heterocycles. The van der Waals surface area contributed by atoms with E-state index in [2.05, 4.69) is 11.1 Å². The largest absolute Gasteiger partial charge is 0.435 e. The molecule has 0 unspecified atom stereocenters. The van der Waals surface area contributed by atoms with E-state index in [4.69, 9.17) is 0 Å². The first kappa shape index (κ1) is 28.1. The molecule has 192 valence electrons. The number of carbonyl (C=O) groups is 2. The van der Waals surface area contributed by atoms with E-state index in [1.165, 1.54) is 20.8 Å². The van der Waals surface area contributed by atoms with E-state index >= 15 is 0 Å². The van der Waals surface area contributed by atoms with E-state index < -0.39 is 29.5 Å². The number of carbonyl (C=O) groups excluding carboxylic acids is 2. The van der Waals surface area contributed by atoms with Crippen molar-refractivity contribution in [2.75, 3.05) is 5.32 Å². The summed E-state index contributed by atoms with van der Waals surface area (Å²) in [5.41, 5.74) is -0.147. The van der Waals surface area contributed by atoms with Crippen LogP contribution in [0, 0.1) is 6.92 Å². The molecular formula is C24H25F7N2O2. The van der Waals surface area contributed by atoms with E-state index in [-0.39, 0.29) is 29.1 Å². The summed E-state index contributed by atoms with van der Waals surface area (Å²) in [7, 11) is 0. The van der Waals surface area contributed by atoms with Crippen LogP contribution in [0.1, 0.15) is 58.4 Å². The van der Waals surface area contributed by atoms with Gasteiger partial charge in [-0.25, -0.2) is 4.39 Å². The number of hydrogen-bond donors (Lipinski definition) is 2. The van der Waals surface area contributed by atoms with Crippen LogP contribution in [0.25, 0.3) is 0 Å². The molecule has 1 aliphatic carbocycles. The molecule has 0 heterocycles. The third-order valence-electron chi connectivity index (χ3n) is 5.58. The lowest BCUT2D eigenvalue weighted by Crippen LogP contribution is -2.50. The van der Waals surface area contributed by atoms with Crippen LogP contribution in [0.15, 0.2) is 30.3 Å². The average Bonchev–Trinajstić information content (AvgIpc) is 3.20. The van der Waals surface area contributed by atoms with Gasteiger partial charge in [0.15, 0.2) is 0 Å². The SMILES string of the molecule is CC(N)=O.CCc1cc(C(F)(C(F)(F)F)C(F)(F)F)cc(C)c1NC(=O)c1ccc2c(c1)CCC2. The summed E-state index contributed by atoms with van der Waals surface area (Å²) in [6, 6.07) is 6.18. The van der Waals surface area contributed by atoms with Crippen molar-refractivity contribution >= 4 is 17.5 Å². The summed E-state index contributed by atoms with van der Waals surface area (Å²) in [4.78, 5) is 21.9. The van der Waals surface area contributed by atoms with Crippen molar-refractivity contribution in [1.29, 1.82) is 0 Å². The fraction of sp³-hybridized carbons (Fsp3) is 0.417. The molecule has 3 rings (SSSR count). The average molecular weight is 506 g/mol. The molecule has 35 heavy (non-hydrogen) atoms. The minimum atomic E-state index is -6.20. The van der Waals surface area contributed by atoms with Gasteiger partial charge in [-0.3, -0.25) is 9.59 Å². The Morgan fingerprint density at radius 1 is 0.943 bits per heavy atom. The van der Waals surface area contributed by atoms with Gasteiger partial charge in [-0.1, -0.05) is 19.1 Å². The first-order valence-electron chi connectivity index (χ1n) is 10.7. The van der Waals surface area contributed by atoms with Crippen molar-refractivity contribution in [1.82, 2.24) is 0 Å². The topological polar surface area (TPSA) is 72.2 Å². The molecule has 0 saturated carbocycles. The molecule has 0 spiro atoms. The van der Waals surface area contributed by atoms with Gasteiger partial charge in [0.05, 0.1) is 0 Å². The molecule has 0 fully saturated rings. The van der Waals surface area contributed by atoms with Crippen molar-refractivity contribution in [3.05, 3.63) is 63.7 Å². The Bertz CT molecular complexity index is 1090. The van der Waals surface area contributed by atoms with Crippen LogP contribution in [-0.2, 0) is 29.7 Å². The van der Waals surface area contributed by atoms with E-state index in [9.17, 15) is 40.3 Å². The molecule has 0 atom stereocenters. The Kier molecular flexibility index (Phi) is 8.24. The number of nitrogens with two attached hydrogens (primary N) is 1. The van der Waals surface area contributed by atoms with Crippen molar-refractivity contribution in [2.24, 2.45) is 5.73 Å². The van der Waals surface area contributed by atoms with Crippen molar-refractivity contribution < 1.29 is 40.3 Å². The number of aryl methyl sites for hydroxylation is 4. The molecule has 2 aromatic carbocycles. The lowest BCUT2D eigenvalue weighted by molar-refractivity contribution is -0.348. The van der Waals surface area contributed by atoms with Gasteiger partial charge in [-0.05, 0) is 73.1 Å². The summed E-state index contributed by atoms with van der Waals surface area (Å²) >= 11 is 0. The molecule has 4 nitrogen and oxygen atoms in total. The number of halogens is 7. The summed E-state index contributed by atoms with van der Waals surface area (Å²) in [6.07, 6.45) is -9.68. The number of primary amides is 1. The first-order chi connectivity index (χ1) is 16.0. The summed E-state index contributed by atoms with van der Waals surface area (Å²) < 4.78 is 93.3. The molecule has 3 N–H and O–H groups in total. The minimum Gasteiger partial charge on any atom is -0.370 e. The number of hydrogen-bond acceptors (Lipinski definition) is 2. The zero-order valence-corrected chi connectivity index (χ0v) is 19.3. The van der Waals surface area contributed by atoms with Gasteiger partial charge in [0.1, 0.15) is 0 Å². The molecule has 0 bridgehead atoms. The Morgan fingerprint density at radius 2 is 1.49 bits per heavy atom. The van der Waals surface area contributed by atoms with Gasteiger partial charge in [0, 0.05) is 23.7 Å². The monoisotopic (exact) mass is 506 g/mol. The van der Waals surface area contributed by atoms with Crippen LogP contribution < -0.4 is 11.1 Å². The molecule has 2 aromatic rings. The van der Waals surface area contributed by atoms with Crippen LogP contribution in [0.2, 0.25) is 0 Å². The van der Waals surface area contributed by atoms with E-state index in [1.807, 2.05) is 6.07 Å². The van der Waals surface area contributed by atoms with Gasteiger partial charge < -0.3 is 11.1 Å². The van der Waals surface area contributed by atoms with Crippen molar-refractivity contribution in [2.45, 2.75) is 64.5 Å². The maximum Gasteiger partial charge on any atom is 0.435 e. The summed E-state index contributed by atoms with van der Waals surface area (Å²) in [5.74, 6) is -0.876. The predicted octanol–water partition coefficient (Wildman–Crippen LogP) is 6.08. The number of amides is 2. The molecule has 0 radical (unpaired) electrons. The number of rotatable bonds is 4. The summed E-state index contributed by atoms with van der Waals surface area (Å²) in [5, 5.41) is 2.57. The maximum absolute atomic E-state index is 14.5. The van der Waals surface area contributed by atoms with E-state index in [0.717, 1.165) is 30.4 Å². The predicted molar refractivity (Wildman–Crippen MR) is 117 cm³/mol. The zero-order valence-electron chi connectivity index (χ0n) is 19.3. The molecule has 0 aliphatic heterocycles. The summed E-state index contributed by atoms with van der Waals surface area (Å²) in [6.45, 7) is 4.03. The Hall–Kier alpha value is -3.11. The fourth-order valence-electron chi connectivity index (χ4n) is 3.90. The van der Waals surface area contributed by atoms with Gasteiger partial charge >= 0.3 is 18.0 Å². The number of nitrogens with one attached hydrogen (secondary N) is 1. The maximum atomic E-state index is 14.5. The van der Waals surface area contributed by atoms with Crippen molar-refractivity contribution in [3.63, 3.8) is 0 Å². The van der Waals surface area contributed by atoms with E-state index in [0.29, 0.717) is 17.7 Å². The Labute approximate surface area is 197 Å². The Morgan fingerprint density at radius 3 is 2.00 bits per heavy atom. The number of fused-ring (bicyclic) bond motifs is 1. The number of anilines is 1. The van der Waals surface area contributed by atoms with Crippen LogP contribution in [0.4, 0.5) is 36.4 Å². The number of benzene rings is 2. The second kappa shape index (κ2) is 10.2. The minimum absolute atomic E-state index is 0.0136. The molecule has 11 heteroatoms. The highest BCUT2D eigenvalue weighted by molar-refractivity contribution is 6.05. The normalized spacial score (nSPS) is 13.5. The number of alkyl halides is 7. The second-order valence-electron chi connectivity index (χ2n) is 8.24. The van der Waals surface area contributed by atoms with Crippen LogP contribution >= 0.6 is 0 Å². The van der Waals surface area contributed by atoms with Crippen LogP contribution in [0.5, 0.6) is 0 Å². The Balaban J connectivity index is 0.00000100. The first-order valence-corrected chi connectivity index (χ1v) is 10.7.